The molecule has 0 atom stereocenters. The molecule has 2 heterocycles. The highest BCUT2D eigenvalue weighted by atomic mass is 16.5. The van der Waals surface area contributed by atoms with E-state index in [4.69, 9.17) is 4.52 Å². The van der Waals surface area contributed by atoms with Crippen LogP contribution in [0, 0.1) is 0 Å². The van der Waals surface area contributed by atoms with Crippen molar-refractivity contribution in [3.05, 3.63) is 35.2 Å². The predicted octanol–water partition coefficient (Wildman–Crippen LogP) is 2.22. The van der Waals surface area contributed by atoms with Gasteiger partial charge in [-0.1, -0.05) is 11.2 Å². The molecule has 4 nitrogen and oxygen atoms in total. The predicted molar refractivity (Wildman–Crippen MR) is 62.3 cm³/mol. The van der Waals surface area contributed by atoms with E-state index in [0.29, 0.717) is 11.8 Å². The van der Waals surface area contributed by atoms with Crippen molar-refractivity contribution < 1.29 is 4.52 Å². The fourth-order valence-electron chi connectivity index (χ4n) is 2.29. The van der Waals surface area contributed by atoms with Gasteiger partial charge in [-0.25, -0.2) is 0 Å². The van der Waals surface area contributed by atoms with E-state index in [0.717, 1.165) is 24.5 Å². The SMILES string of the molecule is c1cc2c(cc1-c1nc(C3CC3)no1)CNC2. The molecule has 0 amide bonds. The zero-order valence-corrected chi connectivity index (χ0v) is 9.44. The molecule has 17 heavy (non-hydrogen) atoms. The molecule has 4 rings (SSSR count). The van der Waals surface area contributed by atoms with E-state index in [9.17, 15) is 0 Å². The van der Waals surface area contributed by atoms with Crippen LogP contribution in [0.5, 0.6) is 0 Å². The summed E-state index contributed by atoms with van der Waals surface area (Å²) in [5.41, 5.74) is 3.75. The third-order valence-corrected chi connectivity index (χ3v) is 3.47. The molecule has 1 aromatic heterocycles. The number of nitrogens with one attached hydrogen (secondary N) is 1. The number of hydrogen-bond donors (Lipinski definition) is 1. The quantitative estimate of drug-likeness (QED) is 0.854. The van der Waals surface area contributed by atoms with Crippen molar-refractivity contribution in [2.45, 2.75) is 31.8 Å². The maximum absolute atomic E-state index is 5.33. The van der Waals surface area contributed by atoms with Crippen LogP contribution in [0.1, 0.15) is 35.7 Å². The lowest BCUT2D eigenvalue weighted by Crippen LogP contribution is -1.99. The lowest BCUT2D eigenvalue weighted by Gasteiger charge is -1.99. The van der Waals surface area contributed by atoms with Gasteiger partial charge in [-0.15, -0.1) is 0 Å². The number of aromatic nitrogens is 2. The summed E-state index contributed by atoms with van der Waals surface area (Å²) < 4.78 is 5.33. The second-order valence-corrected chi connectivity index (χ2v) is 4.82. The smallest absolute Gasteiger partial charge is 0.257 e. The number of benzene rings is 1. The van der Waals surface area contributed by atoms with Crippen LogP contribution >= 0.6 is 0 Å². The lowest BCUT2D eigenvalue weighted by molar-refractivity contribution is 0.422. The molecule has 0 saturated heterocycles. The first-order chi connectivity index (χ1) is 8.40. The molecule has 0 radical (unpaired) electrons. The molecule has 0 spiro atoms. The Kier molecular flexibility index (Phi) is 1.87. The van der Waals surface area contributed by atoms with Gasteiger partial charge in [0.05, 0.1) is 0 Å². The van der Waals surface area contributed by atoms with Crippen molar-refractivity contribution >= 4 is 0 Å². The van der Waals surface area contributed by atoms with Gasteiger partial charge in [0, 0.05) is 24.6 Å². The minimum absolute atomic E-state index is 0.545. The second-order valence-electron chi connectivity index (χ2n) is 4.82. The maximum Gasteiger partial charge on any atom is 0.257 e. The van der Waals surface area contributed by atoms with Crippen molar-refractivity contribution in [1.82, 2.24) is 15.5 Å². The average molecular weight is 227 g/mol. The van der Waals surface area contributed by atoms with Gasteiger partial charge in [-0.3, -0.25) is 0 Å². The van der Waals surface area contributed by atoms with Crippen LogP contribution < -0.4 is 5.32 Å². The zero-order chi connectivity index (χ0) is 11.2. The first-order valence-corrected chi connectivity index (χ1v) is 6.06. The molecule has 1 N–H and O–H groups in total. The first kappa shape index (κ1) is 9.36. The average Bonchev–Trinajstić information content (AvgIpc) is 2.93. The van der Waals surface area contributed by atoms with E-state index >= 15 is 0 Å². The number of fused-ring (bicyclic) bond motifs is 1. The van der Waals surface area contributed by atoms with Gasteiger partial charge in [0.1, 0.15) is 0 Å². The maximum atomic E-state index is 5.33. The Labute approximate surface area is 99.0 Å². The molecule has 0 bridgehead atoms. The zero-order valence-electron chi connectivity index (χ0n) is 9.44. The third kappa shape index (κ3) is 1.56. The normalized spacial score (nSPS) is 18.4. The Balaban J connectivity index is 1.72. The monoisotopic (exact) mass is 227 g/mol. The number of rotatable bonds is 2. The molecule has 0 unspecified atom stereocenters. The summed E-state index contributed by atoms with van der Waals surface area (Å²) in [6.07, 6.45) is 2.40. The van der Waals surface area contributed by atoms with E-state index in [-0.39, 0.29) is 0 Å². The highest BCUT2D eigenvalue weighted by Gasteiger charge is 2.29. The Morgan fingerprint density at radius 1 is 1.18 bits per heavy atom. The van der Waals surface area contributed by atoms with Crippen molar-refractivity contribution in [2.24, 2.45) is 0 Å². The van der Waals surface area contributed by atoms with Gasteiger partial charge >= 0.3 is 0 Å². The van der Waals surface area contributed by atoms with Crippen LogP contribution in [0.15, 0.2) is 22.7 Å². The van der Waals surface area contributed by atoms with E-state index in [1.807, 2.05) is 0 Å². The molecule has 1 aliphatic carbocycles. The minimum atomic E-state index is 0.545. The summed E-state index contributed by atoms with van der Waals surface area (Å²) in [7, 11) is 0. The van der Waals surface area contributed by atoms with Crippen LogP contribution in [0.3, 0.4) is 0 Å². The van der Waals surface area contributed by atoms with Crippen molar-refractivity contribution in [1.29, 1.82) is 0 Å². The van der Waals surface area contributed by atoms with Gasteiger partial charge in [0.15, 0.2) is 5.82 Å². The van der Waals surface area contributed by atoms with Gasteiger partial charge in [-0.2, -0.15) is 4.98 Å². The molecule has 86 valence electrons. The van der Waals surface area contributed by atoms with Crippen LogP contribution in [0.2, 0.25) is 0 Å². The van der Waals surface area contributed by atoms with Crippen LogP contribution in [-0.2, 0) is 13.1 Å². The molecule has 1 saturated carbocycles. The highest BCUT2D eigenvalue weighted by Crippen LogP contribution is 2.39. The van der Waals surface area contributed by atoms with E-state index in [2.05, 4.69) is 33.7 Å². The van der Waals surface area contributed by atoms with Gasteiger partial charge in [0.2, 0.25) is 0 Å². The van der Waals surface area contributed by atoms with E-state index < -0.39 is 0 Å². The molecule has 1 aliphatic heterocycles. The van der Waals surface area contributed by atoms with Gasteiger partial charge < -0.3 is 9.84 Å². The summed E-state index contributed by atoms with van der Waals surface area (Å²) in [6, 6.07) is 6.36. The number of hydrogen-bond acceptors (Lipinski definition) is 4. The lowest BCUT2D eigenvalue weighted by atomic mass is 10.1. The van der Waals surface area contributed by atoms with Gasteiger partial charge in [0.25, 0.3) is 5.89 Å². The Bertz CT molecular complexity index is 572. The van der Waals surface area contributed by atoms with E-state index in [1.165, 1.54) is 24.0 Å². The summed E-state index contributed by atoms with van der Waals surface area (Å²) in [5.74, 6) is 2.07. The topological polar surface area (TPSA) is 51.0 Å². The Morgan fingerprint density at radius 3 is 2.94 bits per heavy atom. The molecule has 2 aromatic rings. The molecular formula is C13H13N3O. The van der Waals surface area contributed by atoms with E-state index in [1.54, 1.807) is 0 Å². The molecule has 1 fully saturated rings. The standard InChI is InChI=1S/C13H13N3O/c1-2-8(1)12-15-13(17-16-12)9-3-4-10-6-14-7-11(10)5-9/h3-5,8,14H,1-2,6-7H2. The van der Waals surface area contributed by atoms with Crippen molar-refractivity contribution in [2.75, 3.05) is 0 Å². The summed E-state index contributed by atoms with van der Waals surface area (Å²) >= 11 is 0. The summed E-state index contributed by atoms with van der Waals surface area (Å²) in [4.78, 5) is 4.47. The Hall–Kier alpha value is -1.68. The molecule has 1 aromatic carbocycles. The second kappa shape index (κ2) is 3.40. The fourth-order valence-corrected chi connectivity index (χ4v) is 2.29. The minimum Gasteiger partial charge on any atom is -0.334 e. The van der Waals surface area contributed by atoms with Crippen LogP contribution in [0.4, 0.5) is 0 Å². The third-order valence-electron chi connectivity index (χ3n) is 3.47. The molecule has 2 aliphatic rings. The summed E-state index contributed by atoms with van der Waals surface area (Å²) in [6.45, 7) is 1.90. The molecule has 4 heteroatoms. The number of nitrogens with zero attached hydrogens (tertiary/aromatic N) is 2. The van der Waals surface area contributed by atoms with Crippen molar-refractivity contribution in [3.63, 3.8) is 0 Å². The first-order valence-electron chi connectivity index (χ1n) is 6.06. The van der Waals surface area contributed by atoms with Gasteiger partial charge in [-0.05, 0) is 36.1 Å². The fraction of sp³-hybridized carbons (Fsp3) is 0.385. The van der Waals surface area contributed by atoms with Crippen LogP contribution in [-0.4, -0.2) is 10.1 Å². The Morgan fingerprint density at radius 2 is 2.06 bits per heavy atom. The summed E-state index contributed by atoms with van der Waals surface area (Å²) in [5, 5.41) is 7.38. The van der Waals surface area contributed by atoms with Crippen molar-refractivity contribution in [3.8, 4) is 11.5 Å². The highest BCUT2D eigenvalue weighted by molar-refractivity contribution is 5.56. The van der Waals surface area contributed by atoms with Crippen LogP contribution in [0.25, 0.3) is 11.5 Å². The molecular weight excluding hydrogens is 214 g/mol. The largest absolute Gasteiger partial charge is 0.334 e.